The van der Waals surface area contributed by atoms with Gasteiger partial charge in [0.2, 0.25) is 0 Å². The third-order valence-electron chi connectivity index (χ3n) is 4.92. The second-order valence-corrected chi connectivity index (χ2v) is 6.98. The van der Waals surface area contributed by atoms with Gasteiger partial charge in [0.1, 0.15) is 12.3 Å². The normalized spacial score (nSPS) is 13.7. The molecule has 0 spiro atoms. The van der Waals surface area contributed by atoms with Gasteiger partial charge in [0, 0.05) is 0 Å². The smallest absolute Gasteiger partial charge is 0.331 e. The van der Waals surface area contributed by atoms with E-state index >= 15 is 0 Å². The number of amides is 2. The molecule has 0 fully saturated rings. The summed E-state index contributed by atoms with van der Waals surface area (Å²) in [4.78, 5) is 37.7. The fraction of sp³-hybridized carbons (Fsp3) is 0.286. The zero-order chi connectivity index (χ0) is 18.9. The summed E-state index contributed by atoms with van der Waals surface area (Å²) < 4.78 is 5.29. The van der Waals surface area contributed by atoms with Crippen LogP contribution in [-0.2, 0) is 10.2 Å². The number of esters is 1. The van der Waals surface area contributed by atoms with Crippen molar-refractivity contribution in [3.63, 3.8) is 0 Å². The van der Waals surface area contributed by atoms with Gasteiger partial charge in [-0.2, -0.15) is 0 Å². The number of nitrogens with zero attached hydrogens (tertiary/aromatic N) is 1. The van der Waals surface area contributed by atoms with Crippen LogP contribution < -0.4 is 4.74 Å². The highest BCUT2D eigenvalue weighted by Crippen LogP contribution is 2.28. The molecule has 0 radical (unpaired) electrons. The summed E-state index contributed by atoms with van der Waals surface area (Å²) in [6.07, 6.45) is 0.992. The minimum Gasteiger partial charge on any atom is -0.425 e. The maximum Gasteiger partial charge on any atom is 0.331 e. The first-order valence-corrected chi connectivity index (χ1v) is 8.60. The molecule has 0 bridgehead atoms. The molecular weight excluding hydrogens is 330 g/mol. The first-order valence-electron chi connectivity index (χ1n) is 8.60. The van der Waals surface area contributed by atoms with Crippen molar-refractivity contribution in [3.05, 3.63) is 65.2 Å². The Morgan fingerprint density at radius 1 is 0.962 bits per heavy atom. The molecule has 0 aliphatic carbocycles. The van der Waals surface area contributed by atoms with Gasteiger partial charge in [-0.1, -0.05) is 45.0 Å². The maximum atomic E-state index is 12.3. The second-order valence-electron chi connectivity index (χ2n) is 6.98. The number of carbonyl (C=O) groups excluding carboxylic acids is 3. The summed E-state index contributed by atoms with van der Waals surface area (Å²) in [5.74, 6) is -1.20. The summed E-state index contributed by atoms with van der Waals surface area (Å²) in [6.45, 7) is 6.01. The third-order valence-corrected chi connectivity index (χ3v) is 4.92. The van der Waals surface area contributed by atoms with Crippen LogP contribution >= 0.6 is 0 Å². The van der Waals surface area contributed by atoms with E-state index in [1.54, 1.807) is 36.4 Å². The first-order chi connectivity index (χ1) is 12.3. The highest BCUT2D eigenvalue weighted by atomic mass is 16.5. The molecule has 2 aromatic rings. The first kappa shape index (κ1) is 17.9. The summed E-state index contributed by atoms with van der Waals surface area (Å²) in [7, 11) is 0. The van der Waals surface area contributed by atoms with E-state index in [-0.39, 0.29) is 5.41 Å². The average molecular weight is 351 g/mol. The van der Waals surface area contributed by atoms with Gasteiger partial charge in [-0.15, -0.1) is 0 Å². The van der Waals surface area contributed by atoms with E-state index in [2.05, 4.69) is 20.8 Å². The van der Waals surface area contributed by atoms with E-state index in [0.717, 1.165) is 16.9 Å². The minimum atomic E-state index is -0.651. The molecule has 1 aliphatic heterocycles. The lowest BCUT2D eigenvalue weighted by Crippen LogP contribution is -2.36. The van der Waals surface area contributed by atoms with E-state index in [1.165, 1.54) is 0 Å². The van der Waals surface area contributed by atoms with Crippen molar-refractivity contribution in [2.45, 2.75) is 32.6 Å². The molecule has 2 amide bonds. The Hall–Kier alpha value is -2.95. The van der Waals surface area contributed by atoms with Crippen molar-refractivity contribution < 1.29 is 19.1 Å². The Morgan fingerprint density at radius 2 is 1.50 bits per heavy atom. The molecular formula is C21H21NO4. The predicted molar refractivity (Wildman–Crippen MR) is 97.2 cm³/mol. The molecule has 0 saturated carbocycles. The molecule has 3 rings (SSSR count). The van der Waals surface area contributed by atoms with Gasteiger partial charge < -0.3 is 4.74 Å². The number of rotatable bonds is 5. The fourth-order valence-corrected chi connectivity index (χ4v) is 2.85. The number of hydrogen-bond donors (Lipinski definition) is 0. The SMILES string of the molecule is CCC(C)(C)c1ccc(OC(=O)CN2C(=O)c3ccccc3C2=O)cc1. The largest absolute Gasteiger partial charge is 0.425 e. The standard InChI is InChI=1S/C21H21NO4/c1-4-21(2,3)14-9-11-15(12-10-14)26-18(23)13-22-19(24)16-7-5-6-8-17(16)20(22)25/h5-12H,4,13H2,1-3H3. The van der Waals surface area contributed by atoms with Crippen LogP contribution in [-0.4, -0.2) is 29.2 Å². The van der Waals surface area contributed by atoms with E-state index in [1.807, 2.05) is 12.1 Å². The Kier molecular flexibility index (Phi) is 4.64. The third kappa shape index (κ3) is 3.25. The number of fused-ring (bicyclic) bond motifs is 1. The van der Waals surface area contributed by atoms with Crippen molar-refractivity contribution in [1.29, 1.82) is 0 Å². The van der Waals surface area contributed by atoms with Crippen molar-refractivity contribution >= 4 is 17.8 Å². The maximum absolute atomic E-state index is 12.3. The van der Waals surface area contributed by atoms with Gasteiger partial charge in [-0.3, -0.25) is 14.5 Å². The molecule has 0 N–H and O–H groups in total. The van der Waals surface area contributed by atoms with Crippen LogP contribution in [0.5, 0.6) is 5.75 Å². The summed E-state index contributed by atoms with van der Waals surface area (Å²) in [6, 6.07) is 13.8. The lowest BCUT2D eigenvalue weighted by atomic mass is 9.82. The zero-order valence-electron chi connectivity index (χ0n) is 15.1. The van der Waals surface area contributed by atoms with Crippen molar-refractivity contribution in [2.24, 2.45) is 0 Å². The van der Waals surface area contributed by atoms with Crippen LogP contribution in [0.2, 0.25) is 0 Å². The number of ether oxygens (including phenoxy) is 1. The van der Waals surface area contributed by atoms with Gasteiger partial charge in [-0.05, 0) is 41.7 Å². The monoisotopic (exact) mass is 351 g/mol. The van der Waals surface area contributed by atoms with Crippen LogP contribution in [0, 0.1) is 0 Å². The molecule has 0 aromatic heterocycles. The number of carbonyl (C=O) groups is 3. The summed E-state index contributed by atoms with van der Waals surface area (Å²) in [5.41, 5.74) is 1.83. The van der Waals surface area contributed by atoms with E-state index in [9.17, 15) is 14.4 Å². The van der Waals surface area contributed by atoms with Gasteiger partial charge in [0.25, 0.3) is 11.8 Å². The summed E-state index contributed by atoms with van der Waals surface area (Å²) >= 11 is 0. The van der Waals surface area contributed by atoms with Crippen molar-refractivity contribution in [2.75, 3.05) is 6.54 Å². The lowest BCUT2D eigenvalue weighted by Gasteiger charge is -2.23. The van der Waals surface area contributed by atoms with Gasteiger partial charge in [0.05, 0.1) is 11.1 Å². The fourth-order valence-electron chi connectivity index (χ4n) is 2.85. The minimum absolute atomic E-state index is 0.0443. The zero-order valence-corrected chi connectivity index (χ0v) is 15.1. The lowest BCUT2D eigenvalue weighted by molar-refractivity contribution is -0.134. The van der Waals surface area contributed by atoms with E-state index in [0.29, 0.717) is 16.9 Å². The van der Waals surface area contributed by atoms with E-state index < -0.39 is 24.3 Å². The molecule has 0 unspecified atom stereocenters. The number of imide groups is 1. The Morgan fingerprint density at radius 3 is 2.00 bits per heavy atom. The molecule has 1 aliphatic rings. The Balaban J connectivity index is 1.67. The predicted octanol–water partition coefficient (Wildman–Crippen LogP) is 3.58. The quantitative estimate of drug-likeness (QED) is 0.469. The molecule has 2 aromatic carbocycles. The number of hydrogen-bond acceptors (Lipinski definition) is 4. The molecule has 26 heavy (non-hydrogen) atoms. The molecule has 0 atom stereocenters. The Labute approximate surface area is 152 Å². The number of benzene rings is 2. The van der Waals surface area contributed by atoms with Gasteiger partial charge in [-0.25, -0.2) is 4.79 Å². The highest BCUT2D eigenvalue weighted by Gasteiger charge is 2.36. The topological polar surface area (TPSA) is 63.7 Å². The molecule has 134 valence electrons. The van der Waals surface area contributed by atoms with Crippen LogP contribution in [0.1, 0.15) is 53.5 Å². The second kappa shape index (κ2) is 6.75. The van der Waals surface area contributed by atoms with Gasteiger partial charge in [0.15, 0.2) is 0 Å². The summed E-state index contributed by atoms with van der Waals surface area (Å²) in [5, 5.41) is 0. The Bertz CT molecular complexity index is 833. The molecule has 1 heterocycles. The average Bonchev–Trinajstić information content (AvgIpc) is 2.87. The van der Waals surface area contributed by atoms with Crippen LogP contribution in [0.3, 0.4) is 0 Å². The van der Waals surface area contributed by atoms with Crippen LogP contribution in [0.25, 0.3) is 0 Å². The van der Waals surface area contributed by atoms with Gasteiger partial charge >= 0.3 is 5.97 Å². The molecule has 5 nitrogen and oxygen atoms in total. The van der Waals surface area contributed by atoms with Crippen LogP contribution in [0.4, 0.5) is 0 Å². The van der Waals surface area contributed by atoms with Crippen LogP contribution in [0.15, 0.2) is 48.5 Å². The van der Waals surface area contributed by atoms with Crippen molar-refractivity contribution in [1.82, 2.24) is 4.90 Å². The molecule has 5 heteroatoms. The highest BCUT2D eigenvalue weighted by molar-refractivity contribution is 6.22. The molecule has 0 saturated heterocycles. The van der Waals surface area contributed by atoms with E-state index in [4.69, 9.17) is 4.74 Å². The van der Waals surface area contributed by atoms with Crippen molar-refractivity contribution in [3.8, 4) is 5.75 Å².